The molecule has 0 saturated heterocycles. The lowest BCUT2D eigenvalue weighted by Gasteiger charge is -2.13. The van der Waals surface area contributed by atoms with E-state index in [-0.39, 0.29) is 11.3 Å². The van der Waals surface area contributed by atoms with E-state index in [1.807, 2.05) is 0 Å². The lowest BCUT2D eigenvalue weighted by atomic mass is 10.1. The van der Waals surface area contributed by atoms with Crippen molar-refractivity contribution >= 4 is 27.5 Å². The Labute approximate surface area is 111 Å². The van der Waals surface area contributed by atoms with Gasteiger partial charge in [0.2, 0.25) is 0 Å². The predicted molar refractivity (Wildman–Crippen MR) is 66.2 cm³/mol. The molecular formula is C10H11BrN2O5. The second kappa shape index (κ2) is 6.43. The third-order valence-corrected chi connectivity index (χ3v) is 2.87. The summed E-state index contributed by atoms with van der Waals surface area (Å²) in [5, 5.41) is 30.6. The molecule has 0 aliphatic rings. The number of hydrogen-bond acceptors (Lipinski definition) is 5. The van der Waals surface area contributed by atoms with Crippen LogP contribution < -0.4 is 5.32 Å². The van der Waals surface area contributed by atoms with Gasteiger partial charge in [-0.1, -0.05) is 0 Å². The molecule has 7 nitrogen and oxygen atoms in total. The summed E-state index contributed by atoms with van der Waals surface area (Å²) in [6.07, 6.45) is 0. The van der Waals surface area contributed by atoms with E-state index < -0.39 is 30.1 Å². The minimum atomic E-state index is -0.802. The number of carbonyl (C=O) groups is 1. The molecule has 1 aromatic carbocycles. The molecule has 0 bridgehead atoms. The van der Waals surface area contributed by atoms with E-state index in [2.05, 4.69) is 21.2 Å². The SMILES string of the molecule is O=C(NC(CO)CO)c1cc([N+](=O)[O-])ccc1Br. The Balaban J connectivity index is 2.97. The van der Waals surface area contributed by atoms with Crippen LogP contribution >= 0.6 is 15.9 Å². The van der Waals surface area contributed by atoms with Crippen LogP contribution in [0.5, 0.6) is 0 Å². The summed E-state index contributed by atoms with van der Waals surface area (Å²) in [6.45, 7) is -0.844. The number of rotatable bonds is 5. The van der Waals surface area contributed by atoms with Crippen LogP contribution in [-0.4, -0.2) is 40.3 Å². The Bertz CT molecular complexity index is 462. The molecule has 0 aliphatic carbocycles. The molecule has 1 rings (SSSR count). The highest BCUT2D eigenvalue weighted by Crippen LogP contribution is 2.22. The number of aliphatic hydroxyl groups excluding tert-OH is 2. The van der Waals surface area contributed by atoms with Crippen molar-refractivity contribution in [2.75, 3.05) is 13.2 Å². The van der Waals surface area contributed by atoms with Gasteiger partial charge in [0.25, 0.3) is 11.6 Å². The maximum atomic E-state index is 11.8. The van der Waals surface area contributed by atoms with E-state index in [4.69, 9.17) is 10.2 Å². The van der Waals surface area contributed by atoms with Gasteiger partial charge < -0.3 is 15.5 Å². The van der Waals surface area contributed by atoms with Crippen LogP contribution in [0.4, 0.5) is 5.69 Å². The van der Waals surface area contributed by atoms with Crippen LogP contribution in [0.3, 0.4) is 0 Å². The largest absolute Gasteiger partial charge is 0.394 e. The highest BCUT2D eigenvalue weighted by atomic mass is 79.9. The number of benzene rings is 1. The fourth-order valence-electron chi connectivity index (χ4n) is 1.21. The highest BCUT2D eigenvalue weighted by molar-refractivity contribution is 9.10. The summed E-state index contributed by atoms with van der Waals surface area (Å²) >= 11 is 3.11. The Hall–Kier alpha value is -1.51. The van der Waals surface area contributed by atoms with Gasteiger partial charge in [-0.2, -0.15) is 0 Å². The van der Waals surface area contributed by atoms with Crippen molar-refractivity contribution < 1.29 is 19.9 Å². The van der Waals surface area contributed by atoms with Crippen molar-refractivity contribution in [2.45, 2.75) is 6.04 Å². The van der Waals surface area contributed by atoms with E-state index in [0.29, 0.717) is 4.47 Å². The van der Waals surface area contributed by atoms with Gasteiger partial charge in [-0.3, -0.25) is 14.9 Å². The van der Waals surface area contributed by atoms with Crippen LogP contribution in [0.15, 0.2) is 22.7 Å². The maximum absolute atomic E-state index is 11.8. The molecule has 0 aromatic heterocycles. The molecule has 0 aliphatic heterocycles. The lowest BCUT2D eigenvalue weighted by Crippen LogP contribution is -2.40. The highest BCUT2D eigenvalue weighted by Gasteiger charge is 2.18. The zero-order chi connectivity index (χ0) is 13.7. The number of nitro groups is 1. The van der Waals surface area contributed by atoms with Crippen LogP contribution in [0.25, 0.3) is 0 Å². The van der Waals surface area contributed by atoms with Gasteiger partial charge in [0.15, 0.2) is 0 Å². The number of hydrogen-bond donors (Lipinski definition) is 3. The average molecular weight is 319 g/mol. The Morgan fingerprint density at radius 3 is 2.56 bits per heavy atom. The van der Waals surface area contributed by atoms with Gasteiger partial charge in [-0.05, 0) is 22.0 Å². The first-order valence-corrected chi connectivity index (χ1v) is 5.75. The zero-order valence-corrected chi connectivity index (χ0v) is 10.8. The molecule has 3 N–H and O–H groups in total. The van der Waals surface area contributed by atoms with Crippen LogP contribution in [0.1, 0.15) is 10.4 Å². The number of non-ortho nitro benzene ring substituents is 1. The third kappa shape index (κ3) is 3.49. The normalized spacial score (nSPS) is 10.4. The molecule has 0 fully saturated rings. The van der Waals surface area contributed by atoms with Crippen LogP contribution in [0.2, 0.25) is 0 Å². The number of amides is 1. The predicted octanol–water partition coefficient (Wildman–Crippen LogP) is 0.440. The smallest absolute Gasteiger partial charge is 0.270 e. The topological polar surface area (TPSA) is 113 Å². The molecule has 98 valence electrons. The Kier molecular flexibility index (Phi) is 5.20. The first-order chi connectivity index (χ1) is 8.49. The summed E-state index contributed by atoms with van der Waals surface area (Å²) in [4.78, 5) is 21.8. The average Bonchev–Trinajstić information content (AvgIpc) is 2.35. The number of nitrogens with one attached hydrogen (secondary N) is 1. The van der Waals surface area contributed by atoms with E-state index in [1.165, 1.54) is 12.1 Å². The molecule has 0 spiro atoms. The molecule has 0 radical (unpaired) electrons. The fraction of sp³-hybridized carbons (Fsp3) is 0.300. The standard InChI is InChI=1S/C10H11BrN2O5/c11-9-2-1-7(13(17)18)3-8(9)10(16)12-6(4-14)5-15/h1-3,6,14-15H,4-5H2,(H,12,16). The number of carbonyl (C=O) groups excluding carboxylic acids is 1. The third-order valence-electron chi connectivity index (χ3n) is 2.18. The molecule has 0 atom stereocenters. The van der Waals surface area contributed by atoms with Crippen molar-refractivity contribution in [3.05, 3.63) is 38.3 Å². The van der Waals surface area contributed by atoms with Crippen LogP contribution in [0, 0.1) is 10.1 Å². The monoisotopic (exact) mass is 318 g/mol. The summed E-state index contributed by atoms with van der Waals surface area (Å²) in [5.41, 5.74) is -0.149. The summed E-state index contributed by atoms with van der Waals surface area (Å²) < 4.78 is 0.389. The molecule has 0 saturated carbocycles. The molecule has 0 unspecified atom stereocenters. The van der Waals surface area contributed by atoms with Gasteiger partial charge in [-0.15, -0.1) is 0 Å². The summed E-state index contributed by atoms with van der Waals surface area (Å²) in [6, 6.07) is 2.96. The van der Waals surface area contributed by atoms with Gasteiger partial charge in [0.1, 0.15) is 0 Å². The Morgan fingerprint density at radius 1 is 1.44 bits per heavy atom. The minimum absolute atomic E-state index is 0.0658. The number of nitro benzene ring substituents is 1. The first kappa shape index (κ1) is 14.6. The van der Waals surface area contributed by atoms with Crippen molar-refractivity contribution in [1.82, 2.24) is 5.32 Å². The molecule has 1 aromatic rings. The molecular weight excluding hydrogens is 308 g/mol. The molecule has 1 amide bonds. The van der Waals surface area contributed by atoms with E-state index in [0.717, 1.165) is 6.07 Å². The quantitative estimate of drug-likeness (QED) is 0.538. The Morgan fingerprint density at radius 2 is 2.06 bits per heavy atom. The lowest BCUT2D eigenvalue weighted by molar-refractivity contribution is -0.384. The maximum Gasteiger partial charge on any atom is 0.270 e. The van der Waals surface area contributed by atoms with Crippen molar-refractivity contribution in [2.24, 2.45) is 0 Å². The van der Waals surface area contributed by atoms with Crippen LogP contribution in [-0.2, 0) is 0 Å². The second-order valence-corrected chi connectivity index (χ2v) is 4.31. The van der Waals surface area contributed by atoms with E-state index in [9.17, 15) is 14.9 Å². The minimum Gasteiger partial charge on any atom is -0.394 e. The second-order valence-electron chi connectivity index (χ2n) is 3.46. The van der Waals surface area contributed by atoms with Crippen molar-refractivity contribution in [3.63, 3.8) is 0 Å². The van der Waals surface area contributed by atoms with Gasteiger partial charge in [0.05, 0.1) is 29.7 Å². The van der Waals surface area contributed by atoms with Gasteiger partial charge in [-0.25, -0.2) is 0 Å². The number of nitrogens with zero attached hydrogens (tertiary/aromatic N) is 1. The van der Waals surface area contributed by atoms with Gasteiger partial charge >= 0.3 is 0 Å². The zero-order valence-electron chi connectivity index (χ0n) is 9.17. The number of halogens is 1. The van der Waals surface area contributed by atoms with Crippen molar-refractivity contribution in [1.29, 1.82) is 0 Å². The number of aliphatic hydroxyl groups is 2. The molecule has 0 heterocycles. The van der Waals surface area contributed by atoms with E-state index >= 15 is 0 Å². The van der Waals surface area contributed by atoms with Gasteiger partial charge in [0, 0.05) is 16.6 Å². The fourth-order valence-corrected chi connectivity index (χ4v) is 1.64. The molecule has 8 heteroatoms. The van der Waals surface area contributed by atoms with E-state index in [1.54, 1.807) is 0 Å². The first-order valence-electron chi connectivity index (χ1n) is 4.96. The molecule has 18 heavy (non-hydrogen) atoms. The summed E-state index contributed by atoms with van der Waals surface area (Å²) in [5.74, 6) is -0.612. The summed E-state index contributed by atoms with van der Waals surface area (Å²) in [7, 11) is 0. The van der Waals surface area contributed by atoms with Crippen molar-refractivity contribution in [3.8, 4) is 0 Å².